The van der Waals surface area contributed by atoms with Crippen molar-refractivity contribution in [1.29, 1.82) is 0 Å². The van der Waals surface area contributed by atoms with Crippen molar-refractivity contribution in [2.24, 2.45) is 0 Å². The van der Waals surface area contributed by atoms with Crippen molar-refractivity contribution >= 4 is 25.5 Å². The van der Waals surface area contributed by atoms with E-state index in [4.69, 9.17) is 4.43 Å². The van der Waals surface area contributed by atoms with Crippen LogP contribution in [0.2, 0.25) is 18.1 Å². The van der Waals surface area contributed by atoms with E-state index in [1.54, 1.807) is 23.7 Å². The Labute approximate surface area is 174 Å². The SMILES string of the molecule is CC(O[Si](C)(C)C(C)(C)C)c1ncc(CN2CCN(c3cnccn3)CC2)s1. The zero-order valence-electron chi connectivity index (χ0n) is 18.0. The molecule has 0 saturated carbocycles. The maximum Gasteiger partial charge on any atom is 0.193 e. The molecular weight excluding hydrogens is 386 g/mol. The van der Waals surface area contributed by atoms with Crippen LogP contribution >= 0.6 is 11.3 Å². The van der Waals surface area contributed by atoms with Gasteiger partial charge in [-0.2, -0.15) is 0 Å². The van der Waals surface area contributed by atoms with E-state index in [9.17, 15) is 0 Å². The highest BCUT2D eigenvalue weighted by molar-refractivity contribution is 7.11. The molecule has 28 heavy (non-hydrogen) atoms. The molecule has 0 aliphatic carbocycles. The highest BCUT2D eigenvalue weighted by Gasteiger charge is 2.39. The molecule has 3 rings (SSSR count). The van der Waals surface area contributed by atoms with E-state index >= 15 is 0 Å². The van der Waals surface area contributed by atoms with E-state index < -0.39 is 8.32 Å². The molecule has 1 aliphatic heterocycles. The predicted molar refractivity (Wildman–Crippen MR) is 118 cm³/mol. The Morgan fingerprint density at radius 3 is 2.43 bits per heavy atom. The summed E-state index contributed by atoms with van der Waals surface area (Å²) in [6.07, 6.45) is 7.41. The Hall–Kier alpha value is -1.35. The molecule has 3 heterocycles. The second-order valence-electron chi connectivity index (χ2n) is 9.01. The maximum atomic E-state index is 6.51. The number of anilines is 1. The van der Waals surface area contributed by atoms with Gasteiger partial charge in [0, 0.05) is 56.2 Å². The lowest BCUT2D eigenvalue weighted by atomic mass is 10.2. The minimum atomic E-state index is -1.78. The summed E-state index contributed by atoms with van der Waals surface area (Å²) < 4.78 is 6.51. The average Bonchev–Trinajstić information content (AvgIpc) is 3.10. The standard InChI is InChI=1S/C20H33N5OSSi/c1-16(26-28(5,6)20(2,3)4)19-23-13-17(27-19)15-24-9-11-25(12-10-24)18-14-21-7-8-22-18/h7-8,13-14,16H,9-12,15H2,1-6H3. The van der Waals surface area contributed by atoms with E-state index in [2.05, 4.69) is 65.5 Å². The van der Waals surface area contributed by atoms with Crippen molar-refractivity contribution < 1.29 is 4.43 Å². The summed E-state index contributed by atoms with van der Waals surface area (Å²) in [6.45, 7) is 18.6. The van der Waals surface area contributed by atoms with Crippen LogP contribution in [0.4, 0.5) is 5.82 Å². The lowest BCUT2D eigenvalue weighted by Crippen LogP contribution is -2.46. The van der Waals surface area contributed by atoms with Crippen LogP contribution in [0.25, 0.3) is 0 Å². The Morgan fingerprint density at radius 1 is 1.11 bits per heavy atom. The summed E-state index contributed by atoms with van der Waals surface area (Å²) in [5.41, 5.74) is 0. The molecule has 0 amide bonds. The van der Waals surface area contributed by atoms with Crippen molar-refractivity contribution in [3.63, 3.8) is 0 Å². The Morgan fingerprint density at radius 2 is 1.82 bits per heavy atom. The monoisotopic (exact) mass is 419 g/mol. The van der Waals surface area contributed by atoms with E-state index in [1.807, 2.05) is 12.4 Å². The summed E-state index contributed by atoms with van der Waals surface area (Å²) in [5.74, 6) is 0.971. The van der Waals surface area contributed by atoms with Crippen LogP contribution in [0.1, 0.15) is 43.7 Å². The summed E-state index contributed by atoms with van der Waals surface area (Å²) in [4.78, 5) is 19.4. The highest BCUT2D eigenvalue weighted by Crippen LogP contribution is 2.40. The van der Waals surface area contributed by atoms with Gasteiger partial charge in [0.2, 0.25) is 0 Å². The van der Waals surface area contributed by atoms with Crippen molar-refractivity contribution in [3.05, 3.63) is 34.7 Å². The van der Waals surface area contributed by atoms with Gasteiger partial charge in [-0.15, -0.1) is 11.3 Å². The molecule has 8 heteroatoms. The Bertz CT molecular complexity index is 753. The van der Waals surface area contributed by atoms with Gasteiger partial charge in [0.15, 0.2) is 8.32 Å². The zero-order chi connectivity index (χ0) is 20.4. The van der Waals surface area contributed by atoms with Gasteiger partial charge >= 0.3 is 0 Å². The van der Waals surface area contributed by atoms with E-state index in [0.717, 1.165) is 43.5 Å². The predicted octanol–water partition coefficient (Wildman–Crippen LogP) is 4.34. The third-order valence-electron chi connectivity index (χ3n) is 5.82. The number of thiazole rings is 1. The lowest BCUT2D eigenvalue weighted by molar-refractivity contribution is 0.202. The third-order valence-corrected chi connectivity index (χ3v) is 11.5. The molecule has 1 saturated heterocycles. The minimum Gasteiger partial charge on any atom is -0.408 e. The zero-order valence-corrected chi connectivity index (χ0v) is 19.8. The summed E-state index contributed by atoms with van der Waals surface area (Å²) >= 11 is 1.79. The van der Waals surface area contributed by atoms with Crippen LogP contribution in [-0.4, -0.2) is 54.3 Å². The molecule has 1 unspecified atom stereocenters. The quantitative estimate of drug-likeness (QED) is 0.649. The number of nitrogens with zero attached hydrogens (tertiary/aromatic N) is 5. The van der Waals surface area contributed by atoms with Crippen LogP contribution < -0.4 is 4.90 Å². The molecule has 1 aliphatic rings. The summed E-state index contributed by atoms with van der Waals surface area (Å²) in [7, 11) is -1.78. The summed E-state index contributed by atoms with van der Waals surface area (Å²) in [6, 6.07) is 0. The van der Waals surface area contributed by atoms with Crippen LogP contribution in [0.15, 0.2) is 24.8 Å². The molecule has 0 spiro atoms. The van der Waals surface area contributed by atoms with Crippen molar-refractivity contribution in [2.75, 3.05) is 31.1 Å². The first-order chi connectivity index (χ1) is 13.2. The molecule has 6 nitrogen and oxygen atoms in total. The molecular formula is C20H33N5OSSi. The van der Waals surface area contributed by atoms with Gasteiger partial charge in [-0.3, -0.25) is 9.88 Å². The van der Waals surface area contributed by atoms with Gasteiger partial charge in [-0.1, -0.05) is 20.8 Å². The highest BCUT2D eigenvalue weighted by atomic mass is 32.1. The molecule has 0 N–H and O–H groups in total. The average molecular weight is 420 g/mol. The molecule has 2 aromatic rings. The smallest absolute Gasteiger partial charge is 0.193 e. The second kappa shape index (κ2) is 8.57. The topological polar surface area (TPSA) is 54.4 Å². The largest absolute Gasteiger partial charge is 0.408 e. The molecule has 1 fully saturated rings. The Balaban J connectivity index is 1.53. The first-order valence-corrected chi connectivity index (χ1v) is 13.7. The number of hydrogen-bond donors (Lipinski definition) is 0. The van der Waals surface area contributed by atoms with Gasteiger partial charge < -0.3 is 9.33 Å². The van der Waals surface area contributed by atoms with E-state index in [0.29, 0.717) is 0 Å². The molecule has 2 aromatic heterocycles. The normalized spacial score (nSPS) is 17.7. The molecule has 0 radical (unpaired) electrons. The number of rotatable bonds is 6. The number of piperazine rings is 1. The van der Waals surface area contributed by atoms with Gasteiger partial charge in [-0.25, -0.2) is 9.97 Å². The minimum absolute atomic E-state index is 0.0631. The lowest BCUT2D eigenvalue weighted by Gasteiger charge is -2.38. The van der Waals surface area contributed by atoms with Crippen LogP contribution in [0, 0.1) is 0 Å². The third kappa shape index (κ3) is 5.17. The van der Waals surface area contributed by atoms with Crippen LogP contribution in [-0.2, 0) is 11.0 Å². The van der Waals surface area contributed by atoms with Crippen LogP contribution in [0.5, 0.6) is 0 Å². The first kappa shape index (κ1) is 21.4. The molecule has 0 aromatic carbocycles. The van der Waals surface area contributed by atoms with Crippen molar-refractivity contribution in [1.82, 2.24) is 19.9 Å². The molecule has 1 atom stereocenters. The molecule has 154 valence electrons. The van der Waals surface area contributed by atoms with Gasteiger partial charge in [0.1, 0.15) is 10.8 Å². The van der Waals surface area contributed by atoms with Gasteiger partial charge in [0.05, 0.1) is 12.3 Å². The first-order valence-electron chi connectivity index (χ1n) is 10.0. The fourth-order valence-corrected chi connectivity index (χ4v) is 5.44. The fourth-order valence-electron chi connectivity index (χ4n) is 3.06. The van der Waals surface area contributed by atoms with Crippen molar-refractivity contribution in [3.8, 4) is 0 Å². The fraction of sp³-hybridized carbons (Fsp3) is 0.650. The number of aromatic nitrogens is 3. The van der Waals surface area contributed by atoms with E-state index in [1.165, 1.54) is 4.88 Å². The Kier molecular flexibility index (Phi) is 6.53. The second-order valence-corrected chi connectivity index (χ2v) is 14.9. The summed E-state index contributed by atoms with van der Waals surface area (Å²) in [5, 5.41) is 1.31. The number of hydrogen-bond acceptors (Lipinski definition) is 7. The van der Waals surface area contributed by atoms with Crippen molar-refractivity contribution in [2.45, 2.75) is 58.5 Å². The van der Waals surface area contributed by atoms with Crippen LogP contribution in [0.3, 0.4) is 0 Å². The molecule has 0 bridgehead atoms. The van der Waals surface area contributed by atoms with Gasteiger partial charge in [-0.05, 0) is 25.1 Å². The van der Waals surface area contributed by atoms with E-state index in [-0.39, 0.29) is 11.1 Å². The maximum absolute atomic E-state index is 6.51. The van der Waals surface area contributed by atoms with Gasteiger partial charge in [0.25, 0.3) is 0 Å².